The van der Waals surface area contributed by atoms with Gasteiger partial charge in [-0.2, -0.15) is 0 Å². The molecule has 0 atom stereocenters. The zero-order chi connectivity index (χ0) is 21.3. The Morgan fingerprint density at radius 1 is 0.933 bits per heavy atom. The van der Waals surface area contributed by atoms with E-state index < -0.39 is 9.84 Å². The second-order valence-corrected chi connectivity index (χ2v) is 9.15. The molecule has 0 fully saturated rings. The first kappa shape index (κ1) is 20.0. The highest BCUT2D eigenvalue weighted by Gasteiger charge is 2.15. The zero-order valence-electron chi connectivity index (χ0n) is 16.8. The highest BCUT2D eigenvalue weighted by atomic mass is 32.2. The summed E-state index contributed by atoms with van der Waals surface area (Å²) in [6.45, 7) is 3.02. The second-order valence-electron chi connectivity index (χ2n) is 7.16. The number of carbonyl (C=O) groups excluding carboxylic acids is 1. The summed E-state index contributed by atoms with van der Waals surface area (Å²) in [6.07, 6.45) is 1.12. The molecule has 0 saturated heterocycles. The molecule has 0 saturated carbocycles. The van der Waals surface area contributed by atoms with E-state index in [4.69, 9.17) is 0 Å². The fourth-order valence-electron chi connectivity index (χ4n) is 3.77. The first-order valence-corrected chi connectivity index (χ1v) is 11.6. The fourth-order valence-corrected chi connectivity index (χ4v) is 4.62. The number of anilines is 2. The largest absolute Gasteiger partial charge is 0.376 e. The monoisotopic (exact) mass is 421 g/mol. The number of carbonyl (C=O) groups is 1. The summed E-state index contributed by atoms with van der Waals surface area (Å²) in [7, 11) is -3.43. The molecule has 0 aliphatic heterocycles. The molecule has 4 aromatic rings. The Kier molecular flexibility index (Phi) is 5.22. The Labute approximate surface area is 175 Å². The molecule has 154 valence electrons. The number of nitrogens with one attached hydrogen (secondary N) is 2. The first-order chi connectivity index (χ1) is 14.4. The molecule has 30 heavy (non-hydrogen) atoms. The summed E-state index contributed by atoms with van der Waals surface area (Å²) >= 11 is 0. The number of fused-ring (bicyclic) bond motifs is 3. The fraction of sp³-hybridized carbons (Fsp3) is 0.174. The van der Waals surface area contributed by atoms with Crippen molar-refractivity contribution in [3.63, 3.8) is 0 Å². The van der Waals surface area contributed by atoms with Gasteiger partial charge in [0, 0.05) is 40.3 Å². The van der Waals surface area contributed by atoms with E-state index >= 15 is 0 Å². The quantitative estimate of drug-likeness (QED) is 0.487. The van der Waals surface area contributed by atoms with Crippen molar-refractivity contribution in [3.8, 4) is 0 Å². The predicted molar refractivity (Wildman–Crippen MR) is 122 cm³/mol. The molecule has 0 radical (unpaired) electrons. The van der Waals surface area contributed by atoms with Crippen LogP contribution in [0.3, 0.4) is 0 Å². The van der Waals surface area contributed by atoms with E-state index in [1.807, 2.05) is 24.3 Å². The van der Waals surface area contributed by atoms with Crippen molar-refractivity contribution in [1.82, 2.24) is 4.57 Å². The van der Waals surface area contributed by atoms with Gasteiger partial charge < -0.3 is 15.2 Å². The third-order valence-corrected chi connectivity index (χ3v) is 6.26. The molecular formula is C23H23N3O3S. The molecule has 7 heteroatoms. The maximum absolute atomic E-state index is 12.4. The molecule has 1 heterocycles. The van der Waals surface area contributed by atoms with Crippen molar-refractivity contribution < 1.29 is 13.2 Å². The number of nitrogens with zero attached hydrogens (tertiary/aromatic N) is 1. The van der Waals surface area contributed by atoms with Gasteiger partial charge in [0.15, 0.2) is 9.84 Å². The van der Waals surface area contributed by atoms with E-state index in [0.29, 0.717) is 0 Å². The number of rotatable bonds is 6. The van der Waals surface area contributed by atoms with Crippen LogP contribution >= 0.6 is 0 Å². The van der Waals surface area contributed by atoms with Crippen LogP contribution in [0.2, 0.25) is 0 Å². The maximum atomic E-state index is 12.4. The lowest BCUT2D eigenvalue weighted by atomic mass is 10.1. The van der Waals surface area contributed by atoms with Crippen LogP contribution in [0.25, 0.3) is 21.8 Å². The Morgan fingerprint density at radius 3 is 2.40 bits per heavy atom. The lowest BCUT2D eigenvalue weighted by Crippen LogP contribution is -2.22. The molecule has 1 aromatic heterocycles. The van der Waals surface area contributed by atoms with Gasteiger partial charge in [0.1, 0.15) is 0 Å². The van der Waals surface area contributed by atoms with Gasteiger partial charge in [0.2, 0.25) is 5.91 Å². The molecular weight excluding hydrogens is 398 g/mol. The number of amides is 1. The standard InChI is InChI=1S/C23H23N3O3S/c1-3-26-20-10-6-4-8-17(20)18-14-16(12-13-21(18)26)24-15-23(27)25-19-9-5-7-11-22(19)30(2,28)29/h4-14,24H,3,15H2,1-2H3,(H,25,27). The molecule has 1 amide bonds. The summed E-state index contributed by atoms with van der Waals surface area (Å²) in [5, 5.41) is 8.12. The average molecular weight is 422 g/mol. The zero-order valence-corrected chi connectivity index (χ0v) is 17.7. The summed E-state index contributed by atoms with van der Waals surface area (Å²) in [5.41, 5.74) is 3.44. The first-order valence-electron chi connectivity index (χ1n) is 9.72. The Morgan fingerprint density at radius 2 is 1.63 bits per heavy atom. The average Bonchev–Trinajstić information content (AvgIpc) is 3.05. The van der Waals surface area contributed by atoms with Crippen LogP contribution in [0.1, 0.15) is 6.92 Å². The maximum Gasteiger partial charge on any atom is 0.243 e. The van der Waals surface area contributed by atoms with Crippen LogP contribution in [0, 0.1) is 0 Å². The summed E-state index contributed by atoms with van der Waals surface area (Å²) in [4.78, 5) is 12.5. The highest BCUT2D eigenvalue weighted by Crippen LogP contribution is 2.31. The number of hydrogen-bond donors (Lipinski definition) is 2. The SMILES string of the molecule is CCn1c2ccccc2c2cc(NCC(=O)Nc3ccccc3S(C)(=O)=O)ccc21. The number of para-hydroxylation sites is 2. The van der Waals surface area contributed by atoms with Crippen molar-refractivity contribution in [1.29, 1.82) is 0 Å². The summed E-state index contributed by atoms with van der Waals surface area (Å²) in [5.74, 6) is -0.317. The predicted octanol–water partition coefficient (Wildman–Crippen LogP) is 4.27. The molecule has 4 rings (SSSR count). The molecule has 0 spiro atoms. The lowest BCUT2D eigenvalue weighted by Gasteiger charge is -2.11. The van der Waals surface area contributed by atoms with Crippen molar-refractivity contribution in [2.45, 2.75) is 18.4 Å². The smallest absolute Gasteiger partial charge is 0.243 e. The number of aromatic nitrogens is 1. The topological polar surface area (TPSA) is 80.2 Å². The van der Waals surface area contributed by atoms with Crippen LogP contribution in [0.15, 0.2) is 71.6 Å². The third kappa shape index (κ3) is 3.76. The van der Waals surface area contributed by atoms with Gasteiger partial charge in [0.05, 0.1) is 17.1 Å². The van der Waals surface area contributed by atoms with Crippen molar-refractivity contribution in [2.75, 3.05) is 23.4 Å². The minimum Gasteiger partial charge on any atom is -0.376 e. The third-order valence-electron chi connectivity index (χ3n) is 5.10. The van der Waals surface area contributed by atoms with E-state index in [9.17, 15) is 13.2 Å². The van der Waals surface area contributed by atoms with Gasteiger partial charge in [-0.1, -0.05) is 30.3 Å². The molecule has 0 aliphatic carbocycles. The van der Waals surface area contributed by atoms with Gasteiger partial charge in [-0.25, -0.2) is 8.42 Å². The molecule has 6 nitrogen and oxygen atoms in total. The van der Waals surface area contributed by atoms with Crippen molar-refractivity contribution >= 4 is 48.9 Å². The van der Waals surface area contributed by atoms with E-state index in [1.165, 1.54) is 17.0 Å². The molecule has 0 bridgehead atoms. The summed E-state index contributed by atoms with van der Waals surface area (Å²) in [6, 6.07) is 20.7. The van der Waals surface area contributed by atoms with Crippen LogP contribution < -0.4 is 10.6 Å². The Hall–Kier alpha value is -3.32. The van der Waals surface area contributed by atoms with Crippen LogP contribution in [0.5, 0.6) is 0 Å². The molecule has 2 N–H and O–H groups in total. The van der Waals surface area contributed by atoms with Crippen molar-refractivity contribution in [2.24, 2.45) is 0 Å². The van der Waals surface area contributed by atoms with Gasteiger partial charge in [-0.05, 0) is 43.3 Å². The van der Waals surface area contributed by atoms with Gasteiger partial charge in [-0.15, -0.1) is 0 Å². The normalized spacial score (nSPS) is 11.7. The minimum atomic E-state index is -3.43. The van der Waals surface area contributed by atoms with Crippen LogP contribution in [-0.2, 0) is 21.2 Å². The van der Waals surface area contributed by atoms with Crippen LogP contribution in [-0.4, -0.2) is 31.7 Å². The number of hydrogen-bond acceptors (Lipinski definition) is 4. The Balaban J connectivity index is 1.55. The molecule has 0 unspecified atom stereocenters. The van der Waals surface area contributed by atoms with Gasteiger partial charge in [0.25, 0.3) is 0 Å². The number of sulfone groups is 1. The highest BCUT2D eigenvalue weighted by molar-refractivity contribution is 7.90. The molecule has 0 aliphatic rings. The van der Waals surface area contributed by atoms with Crippen LogP contribution in [0.4, 0.5) is 11.4 Å². The van der Waals surface area contributed by atoms with E-state index in [-0.39, 0.29) is 23.0 Å². The van der Waals surface area contributed by atoms with E-state index in [0.717, 1.165) is 29.4 Å². The number of benzene rings is 3. The second kappa shape index (κ2) is 7.84. The Bertz CT molecular complexity index is 1360. The summed E-state index contributed by atoms with van der Waals surface area (Å²) < 4.78 is 26.1. The molecule has 3 aromatic carbocycles. The minimum absolute atomic E-state index is 0.0238. The lowest BCUT2D eigenvalue weighted by molar-refractivity contribution is -0.114. The van der Waals surface area contributed by atoms with Gasteiger partial charge in [-0.3, -0.25) is 4.79 Å². The van der Waals surface area contributed by atoms with Crippen molar-refractivity contribution in [3.05, 3.63) is 66.7 Å². The van der Waals surface area contributed by atoms with Gasteiger partial charge >= 0.3 is 0 Å². The number of aryl methyl sites for hydroxylation is 1. The van der Waals surface area contributed by atoms with E-state index in [2.05, 4.69) is 40.3 Å². The van der Waals surface area contributed by atoms with E-state index in [1.54, 1.807) is 18.2 Å².